The van der Waals surface area contributed by atoms with Gasteiger partial charge >= 0.3 is 11.8 Å². The number of carbonyl (C=O) groups is 2. The van der Waals surface area contributed by atoms with Crippen molar-refractivity contribution in [1.82, 2.24) is 15.5 Å². The van der Waals surface area contributed by atoms with Crippen molar-refractivity contribution in [2.45, 2.75) is 50.6 Å². The highest BCUT2D eigenvalue weighted by atomic mass is 16.5. The molecule has 4 rings (SSSR count). The Morgan fingerprint density at radius 1 is 1.10 bits per heavy atom. The maximum atomic E-state index is 12.5. The van der Waals surface area contributed by atoms with Gasteiger partial charge in [0.2, 0.25) is 0 Å². The minimum atomic E-state index is -0.530. The van der Waals surface area contributed by atoms with E-state index in [1.165, 1.54) is 16.8 Å². The number of ether oxygens (including phenoxy) is 1. The smallest absolute Gasteiger partial charge is 0.309 e. The average molecular weight is 415 g/mol. The summed E-state index contributed by atoms with van der Waals surface area (Å²) >= 11 is 0. The van der Waals surface area contributed by atoms with Crippen molar-refractivity contribution in [3.63, 3.8) is 0 Å². The number of carbonyl (C=O) groups excluding carboxylic acids is 2. The van der Waals surface area contributed by atoms with Crippen molar-refractivity contribution in [3.8, 4) is 0 Å². The number of hydrogen-bond acceptors (Lipinski definition) is 5. The predicted molar refractivity (Wildman–Crippen MR) is 117 cm³/mol. The van der Waals surface area contributed by atoms with Gasteiger partial charge in [0.1, 0.15) is 0 Å². The number of hydrogen-bond donors (Lipinski definition) is 2. The first kappa shape index (κ1) is 21.1. The Kier molecular flexibility index (Phi) is 6.89. The third-order valence-electron chi connectivity index (χ3n) is 6.68. The molecule has 164 valence electrons. The Balaban J connectivity index is 1.45. The van der Waals surface area contributed by atoms with Crippen LogP contribution >= 0.6 is 0 Å². The van der Waals surface area contributed by atoms with E-state index in [1.807, 2.05) is 0 Å². The zero-order chi connectivity index (χ0) is 20.9. The normalized spacial score (nSPS) is 21.2. The van der Waals surface area contributed by atoms with Gasteiger partial charge in [-0.2, -0.15) is 0 Å². The fraction of sp³-hybridized carbons (Fsp3) is 0.652. The summed E-state index contributed by atoms with van der Waals surface area (Å²) in [6.45, 7) is 4.55. The number of benzene rings is 1. The number of fused-ring (bicyclic) bond motifs is 1. The minimum absolute atomic E-state index is 0.0367. The van der Waals surface area contributed by atoms with Gasteiger partial charge in [-0.25, -0.2) is 0 Å². The molecule has 1 aromatic rings. The molecule has 1 saturated carbocycles. The van der Waals surface area contributed by atoms with Gasteiger partial charge in [-0.3, -0.25) is 14.5 Å². The van der Waals surface area contributed by atoms with Crippen LogP contribution in [0.2, 0.25) is 0 Å². The van der Waals surface area contributed by atoms with Crippen molar-refractivity contribution >= 4 is 17.5 Å². The van der Waals surface area contributed by atoms with Crippen LogP contribution in [0.3, 0.4) is 0 Å². The van der Waals surface area contributed by atoms with Crippen molar-refractivity contribution in [2.75, 3.05) is 51.3 Å². The maximum Gasteiger partial charge on any atom is 0.309 e. The van der Waals surface area contributed by atoms with Crippen molar-refractivity contribution in [2.24, 2.45) is 0 Å². The minimum Gasteiger partial charge on any atom is -0.379 e. The van der Waals surface area contributed by atoms with E-state index in [0.717, 1.165) is 58.2 Å². The fourth-order valence-corrected chi connectivity index (χ4v) is 4.95. The van der Waals surface area contributed by atoms with Gasteiger partial charge in [0.05, 0.1) is 19.3 Å². The van der Waals surface area contributed by atoms with Gasteiger partial charge in [0.15, 0.2) is 0 Å². The lowest BCUT2D eigenvalue weighted by Gasteiger charge is -2.36. The number of morpholine rings is 1. The molecule has 0 radical (unpaired) electrons. The van der Waals surface area contributed by atoms with Crippen LogP contribution in [0.1, 0.15) is 49.3 Å². The second-order valence-corrected chi connectivity index (χ2v) is 8.74. The number of nitrogens with one attached hydrogen (secondary N) is 2. The van der Waals surface area contributed by atoms with E-state index < -0.39 is 11.8 Å². The Bertz CT molecular complexity index is 757. The van der Waals surface area contributed by atoms with Crippen molar-refractivity contribution in [3.05, 3.63) is 29.3 Å². The molecule has 2 aliphatic heterocycles. The molecule has 0 spiro atoms. The SMILES string of the molecule is CN1CCCc2cc(C(CNC(=O)C(=O)NC3CCCC3)N3CCOCC3)ccc21. The molecular weight excluding hydrogens is 380 g/mol. The summed E-state index contributed by atoms with van der Waals surface area (Å²) in [5.41, 5.74) is 3.86. The molecule has 30 heavy (non-hydrogen) atoms. The molecule has 2 N–H and O–H groups in total. The quantitative estimate of drug-likeness (QED) is 0.717. The van der Waals surface area contributed by atoms with Crippen molar-refractivity contribution in [1.29, 1.82) is 0 Å². The zero-order valence-corrected chi connectivity index (χ0v) is 18.0. The van der Waals surface area contributed by atoms with Gasteiger partial charge in [-0.15, -0.1) is 0 Å². The molecule has 2 heterocycles. The molecule has 0 bridgehead atoms. The van der Waals surface area contributed by atoms with Crippen LogP contribution in [0.15, 0.2) is 18.2 Å². The fourth-order valence-electron chi connectivity index (χ4n) is 4.95. The maximum absolute atomic E-state index is 12.5. The molecule has 1 aromatic carbocycles. The van der Waals surface area contributed by atoms with Gasteiger partial charge < -0.3 is 20.3 Å². The zero-order valence-electron chi connectivity index (χ0n) is 18.0. The molecule has 7 nitrogen and oxygen atoms in total. The third-order valence-corrected chi connectivity index (χ3v) is 6.68. The van der Waals surface area contributed by atoms with E-state index in [9.17, 15) is 9.59 Å². The Morgan fingerprint density at radius 2 is 1.87 bits per heavy atom. The second kappa shape index (κ2) is 9.79. The summed E-state index contributed by atoms with van der Waals surface area (Å²) in [5.74, 6) is -1.03. The predicted octanol–water partition coefficient (Wildman–Crippen LogP) is 1.62. The lowest BCUT2D eigenvalue weighted by atomic mass is 9.95. The summed E-state index contributed by atoms with van der Waals surface area (Å²) < 4.78 is 5.53. The van der Waals surface area contributed by atoms with Gasteiger partial charge in [-0.05, 0) is 42.9 Å². The Labute approximate surface area is 179 Å². The highest BCUT2D eigenvalue weighted by Crippen LogP contribution is 2.31. The first-order valence-electron chi connectivity index (χ1n) is 11.4. The summed E-state index contributed by atoms with van der Waals surface area (Å²) in [5, 5.41) is 5.77. The van der Waals surface area contributed by atoms with Crippen LogP contribution in [-0.4, -0.2) is 69.2 Å². The molecule has 1 unspecified atom stereocenters. The van der Waals surface area contributed by atoms with E-state index in [0.29, 0.717) is 19.8 Å². The first-order valence-corrected chi connectivity index (χ1v) is 11.4. The number of anilines is 1. The molecule has 7 heteroatoms. The van der Waals surface area contributed by atoms with Crippen LogP contribution in [0.5, 0.6) is 0 Å². The van der Waals surface area contributed by atoms with Crippen LogP contribution < -0.4 is 15.5 Å². The number of amides is 2. The molecule has 2 amide bonds. The van der Waals surface area contributed by atoms with Crippen LogP contribution in [0, 0.1) is 0 Å². The van der Waals surface area contributed by atoms with Crippen molar-refractivity contribution < 1.29 is 14.3 Å². The van der Waals surface area contributed by atoms with E-state index >= 15 is 0 Å². The molecule has 1 saturated heterocycles. The Hall–Kier alpha value is -2.12. The standard InChI is InChI=1S/C23H34N4O3/c1-26-10-4-5-17-15-18(8-9-20(17)26)21(27-11-13-30-14-12-27)16-24-22(28)23(29)25-19-6-2-3-7-19/h8-9,15,19,21H,2-7,10-14,16H2,1H3,(H,24,28)(H,25,29). The Morgan fingerprint density at radius 3 is 2.63 bits per heavy atom. The lowest BCUT2D eigenvalue weighted by Crippen LogP contribution is -2.48. The molecule has 1 aliphatic carbocycles. The number of nitrogens with zero attached hydrogens (tertiary/aromatic N) is 2. The average Bonchev–Trinajstić information content (AvgIpc) is 3.27. The van der Waals surface area contributed by atoms with E-state index in [4.69, 9.17) is 4.74 Å². The first-order chi connectivity index (χ1) is 14.6. The molecule has 0 aromatic heterocycles. The van der Waals surface area contributed by atoms with Gasteiger partial charge in [-0.1, -0.05) is 25.0 Å². The summed E-state index contributed by atoms with van der Waals surface area (Å²) in [6.07, 6.45) is 6.43. The number of rotatable bonds is 5. The molecule has 1 atom stereocenters. The van der Waals surface area contributed by atoms with Crippen LogP contribution in [0.25, 0.3) is 0 Å². The van der Waals surface area contributed by atoms with E-state index in [-0.39, 0.29) is 12.1 Å². The molecule has 2 fully saturated rings. The second-order valence-electron chi connectivity index (χ2n) is 8.74. The van der Waals surface area contributed by atoms with Crippen LogP contribution in [-0.2, 0) is 20.7 Å². The lowest BCUT2D eigenvalue weighted by molar-refractivity contribution is -0.139. The monoisotopic (exact) mass is 414 g/mol. The van der Waals surface area contributed by atoms with Gasteiger partial charge in [0.25, 0.3) is 0 Å². The van der Waals surface area contributed by atoms with E-state index in [1.54, 1.807) is 0 Å². The summed E-state index contributed by atoms with van der Waals surface area (Å²) in [6, 6.07) is 6.85. The molecular formula is C23H34N4O3. The highest BCUT2D eigenvalue weighted by Gasteiger charge is 2.27. The number of aryl methyl sites for hydroxylation is 1. The summed E-state index contributed by atoms with van der Waals surface area (Å²) in [4.78, 5) is 29.4. The highest BCUT2D eigenvalue weighted by molar-refractivity contribution is 6.35. The largest absolute Gasteiger partial charge is 0.379 e. The topological polar surface area (TPSA) is 73.9 Å². The van der Waals surface area contributed by atoms with Gasteiger partial charge in [0, 0.05) is 45.0 Å². The third kappa shape index (κ3) is 4.95. The molecule has 3 aliphatic rings. The van der Waals surface area contributed by atoms with Crippen LogP contribution in [0.4, 0.5) is 5.69 Å². The summed E-state index contributed by atoms with van der Waals surface area (Å²) in [7, 11) is 2.14. The van der Waals surface area contributed by atoms with E-state index in [2.05, 4.69) is 45.7 Å².